The zero-order chi connectivity index (χ0) is 13.6. The molecule has 0 unspecified atom stereocenters. The van der Waals surface area contributed by atoms with Crippen LogP contribution in [0.1, 0.15) is 12.8 Å². The van der Waals surface area contributed by atoms with Gasteiger partial charge in [-0.05, 0) is 25.0 Å². The summed E-state index contributed by atoms with van der Waals surface area (Å²) in [6.45, 7) is 0. The summed E-state index contributed by atoms with van der Waals surface area (Å²) in [5.41, 5.74) is 0.657. The highest BCUT2D eigenvalue weighted by Gasteiger charge is 2.29. The van der Waals surface area contributed by atoms with Crippen LogP contribution in [0.2, 0.25) is 5.02 Å². The minimum absolute atomic E-state index is 0.0379. The largest absolute Gasteiger partial charge is 0.255 e. The van der Waals surface area contributed by atoms with Crippen molar-refractivity contribution < 1.29 is 8.42 Å². The molecule has 0 radical (unpaired) electrons. The Kier molecular flexibility index (Phi) is 3.29. The van der Waals surface area contributed by atoms with Gasteiger partial charge in [0.2, 0.25) is 10.0 Å². The second-order valence-corrected chi connectivity index (χ2v) is 7.47. The second kappa shape index (κ2) is 4.70. The summed E-state index contributed by atoms with van der Waals surface area (Å²) in [4.78, 5) is 4.20. The van der Waals surface area contributed by atoms with Crippen LogP contribution in [0, 0.1) is 0 Å². The highest BCUT2D eigenvalue weighted by atomic mass is 79.9. The van der Waals surface area contributed by atoms with Gasteiger partial charge >= 0.3 is 0 Å². The third kappa shape index (κ3) is 2.63. The van der Waals surface area contributed by atoms with Gasteiger partial charge in [0.25, 0.3) is 0 Å². The number of aromatic nitrogens is 1. The lowest BCUT2D eigenvalue weighted by Gasteiger charge is -2.09. The maximum absolute atomic E-state index is 12.2. The Morgan fingerprint density at radius 2 is 2.11 bits per heavy atom. The molecule has 0 bridgehead atoms. The molecule has 1 aliphatic carbocycles. The van der Waals surface area contributed by atoms with E-state index in [1.165, 1.54) is 6.20 Å². The summed E-state index contributed by atoms with van der Waals surface area (Å²) >= 11 is 9.55. The van der Waals surface area contributed by atoms with Gasteiger partial charge in [-0.3, -0.25) is 4.98 Å². The first kappa shape index (κ1) is 13.3. The van der Waals surface area contributed by atoms with Gasteiger partial charge < -0.3 is 0 Å². The summed E-state index contributed by atoms with van der Waals surface area (Å²) in [6, 6.07) is 5.40. The number of sulfonamides is 1. The second-order valence-electron chi connectivity index (χ2n) is 4.49. The van der Waals surface area contributed by atoms with Gasteiger partial charge in [0.1, 0.15) is 4.90 Å². The van der Waals surface area contributed by atoms with E-state index in [-0.39, 0.29) is 16.0 Å². The predicted molar refractivity (Wildman–Crippen MR) is 77.8 cm³/mol. The van der Waals surface area contributed by atoms with Crippen LogP contribution in [-0.2, 0) is 10.0 Å². The molecule has 0 saturated heterocycles. The molecule has 1 aliphatic rings. The molecule has 1 saturated carbocycles. The van der Waals surface area contributed by atoms with Gasteiger partial charge in [-0.25, -0.2) is 13.1 Å². The SMILES string of the molecule is O=S(=O)(NC1CC1)c1cnc2cc(Br)ccc2c1Cl. The third-order valence-electron chi connectivity index (χ3n) is 2.92. The molecule has 1 aromatic heterocycles. The van der Waals surface area contributed by atoms with E-state index < -0.39 is 10.0 Å². The normalized spacial score (nSPS) is 15.9. The van der Waals surface area contributed by atoms with Crippen molar-refractivity contribution in [2.75, 3.05) is 0 Å². The van der Waals surface area contributed by atoms with Crippen LogP contribution in [0.15, 0.2) is 33.8 Å². The molecule has 3 rings (SSSR count). The van der Waals surface area contributed by atoms with E-state index >= 15 is 0 Å². The van der Waals surface area contributed by atoms with Crippen molar-refractivity contribution in [1.82, 2.24) is 9.71 Å². The van der Waals surface area contributed by atoms with E-state index in [4.69, 9.17) is 11.6 Å². The fourth-order valence-corrected chi connectivity index (χ4v) is 3.99. The topological polar surface area (TPSA) is 59.1 Å². The Hall–Kier alpha value is -0.690. The molecule has 0 spiro atoms. The molecule has 0 aliphatic heterocycles. The van der Waals surface area contributed by atoms with Crippen LogP contribution < -0.4 is 4.72 Å². The quantitative estimate of drug-likeness (QED) is 0.914. The fourth-order valence-electron chi connectivity index (χ4n) is 1.79. The molecule has 1 fully saturated rings. The number of pyridine rings is 1. The van der Waals surface area contributed by atoms with E-state index in [0.29, 0.717) is 10.9 Å². The molecular formula is C12H10BrClN2O2S. The molecule has 0 amide bonds. The number of hydrogen-bond acceptors (Lipinski definition) is 3. The Bertz CT molecular complexity index is 760. The summed E-state index contributed by atoms with van der Waals surface area (Å²) in [5.74, 6) is 0. The lowest BCUT2D eigenvalue weighted by atomic mass is 10.2. The lowest BCUT2D eigenvalue weighted by molar-refractivity contribution is 0.581. The molecule has 0 atom stereocenters. The van der Waals surface area contributed by atoms with Gasteiger partial charge in [0, 0.05) is 22.1 Å². The summed E-state index contributed by atoms with van der Waals surface area (Å²) in [6.07, 6.45) is 3.07. The smallest absolute Gasteiger partial charge is 0.243 e. The zero-order valence-corrected chi connectivity index (χ0v) is 12.9. The Labute approximate surface area is 124 Å². The van der Waals surface area contributed by atoms with Crippen LogP contribution in [-0.4, -0.2) is 19.4 Å². The number of benzene rings is 1. The molecule has 2 aromatic rings. The maximum atomic E-state index is 12.2. The number of halogens is 2. The number of nitrogens with one attached hydrogen (secondary N) is 1. The molecule has 4 nitrogen and oxygen atoms in total. The Morgan fingerprint density at radius 3 is 2.79 bits per heavy atom. The van der Waals surface area contributed by atoms with E-state index in [9.17, 15) is 8.42 Å². The molecule has 1 heterocycles. The number of nitrogens with zero attached hydrogens (tertiary/aromatic N) is 1. The summed E-state index contributed by atoms with van der Waals surface area (Å²) in [7, 11) is -3.59. The molecule has 1 N–H and O–H groups in total. The average Bonchev–Trinajstić information content (AvgIpc) is 3.11. The minimum atomic E-state index is -3.59. The van der Waals surface area contributed by atoms with Crippen molar-refractivity contribution in [3.05, 3.63) is 33.9 Å². The summed E-state index contributed by atoms with van der Waals surface area (Å²) in [5, 5.41) is 0.842. The van der Waals surface area contributed by atoms with Crippen LogP contribution in [0.25, 0.3) is 10.9 Å². The molecule has 19 heavy (non-hydrogen) atoms. The average molecular weight is 362 g/mol. The molecular weight excluding hydrogens is 352 g/mol. The first-order valence-corrected chi connectivity index (χ1v) is 8.39. The van der Waals surface area contributed by atoms with Gasteiger partial charge in [-0.2, -0.15) is 0 Å². The summed E-state index contributed by atoms with van der Waals surface area (Å²) < 4.78 is 27.8. The van der Waals surface area contributed by atoms with Crippen LogP contribution in [0.3, 0.4) is 0 Å². The van der Waals surface area contributed by atoms with Crippen molar-refractivity contribution >= 4 is 48.5 Å². The van der Waals surface area contributed by atoms with Crippen molar-refractivity contribution in [3.8, 4) is 0 Å². The van der Waals surface area contributed by atoms with Crippen molar-refractivity contribution in [1.29, 1.82) is 0 Å². The van der Waals surface area contributed by atoms with E-state index in [1.54, 1.807) is 18.2 Å². The molecule has 100 valence electrons. The van der Waals surface area contributed by atoms with Crippen molar-refractivity contribution in [3.63, 3.8) is 0 Å². The third-order valence-corrected chi connectivity index (χ3v) is 5.47. The highest BCUT2D eigenvalue weighted by Crippen LogP contribution is 2.31. The van der Waals surface area contributed by atoms with E-state index in [0.717, 1.165) is 17.3 Å². The Morgan fingerprint density at radius 1 is 1.37 bits per heavy atom. The zero-order valence-electron chi connectivity index (χ0n) is 9.73. The van der Waals surface area contributed by atoms with Gasteiger partial charge in [-0.15, -0.1) is 0 Å². The lowest BCUT2D eigenvalue weighted by Crippen LogP contribution is -2.26. The first-order valence-electron chi connectivity index (χ1n) is 5.73. The fraction of sp³-hybridized carbons (Fsp3) is 0.250. The van der Waals surface area contributed by atoms with Crippen molar-refractivity contribution in [2.45, 2.75) is 23.8 Å². The van der Waals surface area contributed by atoms with E-state index in [1.807, 2.05) is 0 Å². The number of hydrogen-bond donors (Lipinski definition) is 1. The minimum Gasteiger partial charge on any atom is -0.255 e. The van der Waals surface area contributed by atoms with Crippen molar-refractivity contribution in [2.24, 2.45) is 0 Å². The van der Waals surface area contributed by atoms with Crippen LogP contribution in [0.4, 0.5) is 0 Å². The van der Waals surface area contributed by atoms with Gasteiger partial charge in [0.05, 0.1) is 10.5 Å². The van der Waals surface area contributed by atoms with Crippen LogP contribution in [0.5, 0.6) is 0 Å². The first-order chi connectivity index (χ1) is 8.97. The number of fused-ring (bicyclic) bond motifs is 1. The standard InChI is InChI=1S/C12H10BrClN2O2S/c13-7-1-4-9-10(5-7)15-6-11(12(9)14)19(17,18)16-8-2-3-8/h1,4-6,8,16H,2-3H2. The highest BCUT2D eigenvalue weighted by molar-refractivity contribution is 9.10. The van der Waals surface area contributed by atoms with E-state index in [2.05, 4.69) is 25.6 Å². The predicted octanol–water partition coefficient (Wildman–Crippen LogP) is 3.09. The van der Waals surface area contributed by atoms with Gasteiger partial charge in [-0.1, -0.05) is 33.6 Å². The number of rotatable bonds is 3. The van der Waals surface area contributed by atoms with Crippen LogP contribution >= 0.6 is 27.5 Å². The monoisotopic (exact) mass is 360 g/mol. The maximum Gasteiger partial charge on any atom is 0.243 e. The Balaban J connectivity index is 2.14. The molecule has 7 heteroatoms. The molecule has 1 aromatic carbocycles. The van der Waals surface area contributed by atoms with Gasteiger partial charge in [0.15, 0.2) is 0 Å².